The van der Waals surface area contributed by atoms with Gasteiger partial charge in [-0.05, 0) is 11.8 Å². The summed E-state index contributed by atoms with van der Waals surface area (Å²) >= 11 is 7.92. The molecule has 4 aromatic heterocycles. The van der Waals surface area contributed by atoms with Crippen LogP contribution in [0.15, 0.2) is 44.8 Å². The fourth-order valence-corrected chi connectivity index (χ4v) is 24.7. The third-order valence-corrected chi connectivity index (χ3v) is 36.1. The van der Waals surface area contributed by atoms with Crippen molar-refractivity contribution in [3.8, 4) is 20.9 Å². The van der Waals surface area contributed by atoms with E-state index in [0.717, 1.165) is 23.7 Å². The first kappa shape index (κ1) is 44.0. The van der Waals surface area contributed by atoms with Gasteiger partial charge in [0.25, 0.3) is 0 Å². The van der Waals surface area contributed by atoms with E-state index in [-0.39, 0.29) is 0 Å². The van der Waals surface area contributed by atoms with Crippen LogP contribution in [0.1, 0.15) is 92.9 Å². The van der Waals surface area contributed by atoms with Crippen LogP contribution in [-0.4, -0.2) is 48.3 Å². The molecule has 0 nitrogen and oxygen atoms in total. The van der Waals surface area contributed by atoms with Crippen LogP contribution in [-0.2, 0) is 0 Å². The Bertz CT molecular complexity index is 1680. The quantitative estimate of drug-likeness (QED) is 0.0563. The summed E-state index contributed by atoms with van der Waals surface area (Å²) in [6.45, 7) is 14.3. The third kappa shape index (κ3) is 11.9. The topological polar surface area (TPSA) is 0 Å². The van der Waals surface area contributed by atoms with E-state index in [1.807, 2.05) is 0 Å². The third-order valence-electron chi connectivity index (χ3n) is 10.3. The second-order valence-corrected chi connectivity index (χ2v) is 56.2. The number of thiophene rings is 4. The Morgan fingerprint density at radius 2 is 0.885 bits per heavy atom. The maximum absolute atomic E-state index is 2.67. The molecule has 5 rings (SSSR count). The van der Waals surface area contributed by atoms with Gasteiger partial charge in [-0.25, -0.2) is 0 Å². The van der Waals surface area contributed by atoms with Crippen molar-refractivity contribution in [3.05, 3.63) is 36.4 Å². The van der Waals surface area contributed by atoms with Gasteiger partial charge in [-0.1, -0.05) is 53.4 Å². The van der Waals surface area contributed by atoms with E-state index in [2.05, 4.69) is 176 Å². The predicted octanol–water partition coefficient (Wildman–Crippen LogP) is 16.6. The van der Waals surface area contributed by atoms with Crippen molar-refractivity contribution in [2.45, 2.75) is 131 Å². The van der Waals surface area contributed by atoms with Crippen molar-refractivity contribution in [1.82, 2.24) is 0 Å². The molecule has 52 heavy (non-hydrogen) atoms. The Morgan fingerprint density at radius 1 is 0.500 bits per heavy atom. The zero-order chi connectivity index (χ0) is 37.8. The van der Waals surface area contributed by atoms with Crippen LogP contribution in [0.2, 0.25) is 29.6 Å². The molecule has 0 N–H and O–H groups in total. The van der Waals surface area contributed by atoms with Crippen molar-refractivity contribution < 1.29 is 0 Å². The average Bonchev–Trinajstić information content (AvgIpc) is 3.85. The molecule has 0 fully saturated rings. The molecule has 0 bridgehead atoms. The summed E-state index contributed by atoms with van der Waals surface area (Å²) in [6, 6.07) is 15.1. The number of hydrogen-bond acceptors (Lipinski definition) is 6. The second-order valence-electron chi connectivity index (χ2n) is 18.3. The van der Waals surface area contributed by atoms with Gasteiger partial charge in [0.2, 0.25) is 0 Å². The molecular weight excluding hydrogens is 958 g/mol. The van der Waals surface area contributed by atoms with Crippen LogP contribution >= 0.6 is 68.9 Å². The second kappa shape index (κ2) is 19.5. The molecule has 2 unspecified atom stereocenters. The minimum atomic E-state index is -2.34. The molecule has 2 atom stereocenters. The molecule has 1 aromatic carbocycles. The van der Waals surface area contributed by atoms with E-state index in [0.29, 0.717) is 0 Å². The first-order valence-electron chi connectivity index (χ1n) is 20.0. The predicted molar refractivity (Wildman–Crippen MR) is 256 cm³/mol. The first-order chi connectivity index (χ1) is 24.5. The number of thioether (sulfide) groups is 2. The van der Waals surface area contributed by atoms with Gasteiger partial charge in [0.05, 0.1) is 0 Å². The molecule has 0 saturated carbocycles. The molecule has 5 aromatic rings. The van der Waals surface area contributed by atoms with Gasteiger partial charge in [-0.2, -0.15) is 0 Å². The normalized spacial score (nSPS) is 14.1. The van der Waals surface area contributed by atoms with Gasteiger partial charge in [0.1, 0.15) is 0 Å². The molecule has 0 saturated heterocycles. The monoisotopic (exact) mass is 1030 g/mol. The fraction of sp³-hybridized carbons (Fsp3) is 0.591. The van der Waals surface area contributed by atoms with Crippen LogP contribution < -0.4 is 5.79 Å². The first-order valence-corrected chi connectivity index (χ1v) is 45.2. The molecule has 4 heterocycles. The van der Waals surface area contributed by atoms with Gasteiger partial charge in [0.15, 0.2) is 0 Å². The number of hydrogen-bond donors (Lipinski definition) is 0. The standard InChI is InChI=1S/C38H48S6.6CH3.2Sn/c1-25(2)9-7-11-27(5)17-21-39-33-15-13-31(43-33)35-29-19-23-42-38(29)36(30-20-24-41-37(30)35)32-14-16-34(44-32)40-22-18-28(6)12-8-10-26(3)4;;;;;;;;/h13-16,19-20,25-28H,7-12,17-18,21-22H2,1-6H3;6*1H3;;. The van der Waals surface area contributed by atoms with Crippen molar-refractivity contribution >= 4 is 132 Å². The Kier molecular flexibility index (Phi) is 16.5. The molecule has 0 aliphatic heterocycles. The Hall–Kier alpha value is 0.837. The van der Waals surface area contributed by atoms with Gasteiger partial charge in [-0.3, -0.25) is 0 Å². The maximum atomic E-state index is 2.67. The van der Waals surface area contributed by atoms with Crippen LogP contribution in [0.3, 0.4) is 0 Å². The Balaban J connectivity index is 1.48. The average molecular weight is 1020 g/mol. The summed E-state index contributed by atoms with van der Waals surface area (Å²) in [6.07, 6.45) is 10.9. The van der Waals surface area contributed by atoms with E-state index in [1.165, 1.54) is 103 Å². The minimum absolute atomic E-state index is 0.818. The van der Waals surface area contributed by atoms with Crippen LogP contribution in [0.25, 0.3) is 41.1 Å². The van der Waals surface area contributed by atoms with Crippen LogP contribution in [0.4, 0.5) is 0 Å². The van der Waals surface area contributed by atoms with Crippen molar-refractivity contribution in [1.29, 1.82) is 0 Å². The van der Waals surface area contributed by atoms with E-state index in [1.54, 1.807) is 15.2 Å². The number of rotatable bonds is 20. The van der Waals surface area contributed by atoms with Gasteiger partial charge >= 0.3 is 290 Å². The van der Waals surface area contributed by atoms with E-state index >= 15 is 0 Å². The van der Waals surface area contributed by atoms with Crippen molar-refractivity contribution in [2.75, 3.05) is 11.5 Å². The summed E-state index contributed by atoms with van der Waals surface area (Å²) < 4.78 is 9.48. The summed E-state index contributed by atoms with van der Waals surface area (Å²) in [5, 5.41) is 3.06. The van der Waals surface area contributed by atoms with E-state index in [9.17, 15) is 0 Å². The molecule has 0 radical (unpaired) electrons. The van der Waals surface area contributed by atoms with Crippen molar-refractivity contribution in [3.63, 3.8) is 0 Å². The van der Waals surface area contributed by atoms with Crippen LogP contribution in [0, 0.1) is 23.7 Å². The molecular formula is C44H66S6Sn2. The number of fused-ring (bicyclic) bond motifs is 2. The molecule has 0 spiro atoms. The molecule has 0 amide bonds. The van der Waals surface area contributed by atoms with Gasteiger partial charge < -0.3 is 0 Å². The fourth-order valence-electron chi connectivity index (χ4n) is 6.82. The zero-order valence-electron chi connectivity index (χ0n) is 34.3. The summed E-state index contributed by atoms with van der Waals surface area (Å²) in [5.41, 5.74) is 3.07. The molecule has 286 valence electrons. The molecule has 0 aliphatic rings. The van der Waals surface area contributed by atoms with Crippen LogP contribution in [0.5, 0.6) is 0 Å². The van der Waals surface area contributed by atoms with E-state index in [4.69, 9.17) is 0 Å². The SMILES string of the molecule is CC(C)CCCC(C)CCSc1ccc(-c2c3c[c]([Sn]([CH3])([CH3])[CH3])sc3c(-c3ccc(SCCC(C)CCCC(C)C)s3)c3c[c]([Sn]([CH3])([CH3])[CH3])sc23)s1. The van der Waals surface area contributed by atoms with E-state index < -0.39 is 36.8 Å². The van der Waals surface area contributed by atoms with Crippen molar-refractivity contribution in [2.24, 2.45) is 23.7 Å². The van der Waals surface area contributed by atoms with Gasteiger partial charge in [-0.15, -0.1) is 0 Å². The summed E-state index contributed by atoms with van der Waals surface area (Å²) in [7, 11) is 0. The zero-order valence-corrected chi connectivity index (χ0v) is 44.9. The molecule has 0 aliphatic carbocycles. The number of benzene rings is 1. The Morgan fingerprint density at radius 3 is 1.23 bits per heavy atom. The molecule has 8 heteroatoms. The summed E-state index contributed by atoms with van der Waals surface area (Å²) in [5.74, 6) is 5.74. The Labute approximate surface area is 350 Å². The summed E-state index contributed by atoms with van der Waals surface area (Å²) in [4.78, 5) is 18.5. The van der Waals surface area contributed by atoms with Gasteiger partial charge in [0, 0.05) is 0 Å².